The maximum atomic E-state index is 11.8. The van der Waals surface area contributed by atoms with Gasteiger partial charge < -0.3 is 10.1 Å². The first kappa shape index (κ1) is 18.4. The molecule has 0 spiro atoms. The summed E-state index contributed by atoms with van der Waals surface area (Å²) in [6, 6.07) is 12.2. The maximum Gasteiger partial charge on any atom is 0.338 e. The number of hydrogen-bond acceptors (Lipinski definition) is 5. The molecule has 1 N–H and O–H groups in total. The zero-order chi connectivity index (χ0) is 18.2. The van der Waals surface area contributed by atoms with Gasteiger partial charge in [-0.15, -0.1) is 0 Å². The molecular weight excluding hydrogens is 348 g/mol. The lowest BCUT2D eigenvalue weighted by atomic mass is 10.1. The van der Waals surface area contributed by atoms with E-state index in [0.717, 1.165) is 5.56 Å². The molecule has 7 nitrogen and oxygen atoms in total. The molecule has 8 heteroatoms. The van der Waals surface area contributed by atoms with Gasteiger partial charge in [-0.1, -0.05) is 23.7 Å². The number of carbonyl (C=O) groups is 2. The monoisotopic (exact) mass is 362 g/mol. The Labute approximate surface area is 148 Å². The average molecular weight is 363 g/mol. The van der Waals surface area contributed by atoms with Crippen LogP contribution in [0.2, 0.25) is 5.02 Å². The van der Waals surface area contributed by atoms with Crippen molar-refractivity contribution < 1.29 is 19.2 Å². The predicted molar refractivity (Wildman–Crippen MR) is 91.5 cm³/mol. The Kier molecular flexibility index (Phi) is 6.47. The van der Waals surface area contributed by atoms with Crippen LogP contribution >= 0.6 is 11.6 Å². The molecular formula is C17H15ClN2O5. The maximum absolute atomic E-state index is 11.8. The first-order valence-electron chi connectivity index (χ1n) is 7.38. The zero-order valence-electron chi connectivity index (χ0n) is 13.1. The first-order chi connectivity index (χ1) is 12.0. The SMILES string of the molecule is O=C(COC(=O)c1ccc([N+](=O)[O-])cc1)NCCc1ccc(Cl)cc1. The Bertz CT molecular complexity index is 760. The summed E-state index contributed by atoms with van der Waals surface area (Å²) < 4.78 is 4.87. The van der Waals surface area contributed by atoms with E-state index in [2.05, 4.69) is 5.32 Å². The summed E-state index contributed by atoms with van der Waals surface area (Å²) in [4.78, 5) is 33.4. The number of ether oxygens (including phenoxy) is 1. The van der Waals surface area contributed by atoms with Gasteiger partial charge >= 0.3 is 5.97 Å². The van der Waals surface area contributed by atoms with E-state index in [4.69, 9.17) is 16.3 Å². The van der Waals surface area contributed by atoms with E-state index in [1.165, 1.54) is 24.3 Å². The molecule has 0 saturated carbocycles. The van der Waals surface area contributed by atoms with E-state index in [1.807, 2.05) is 12.1 Å². The van der Waals surface area contributed by atoms with Crippen molar-refractivity contribution in [3.8, 4) is 0 Å². The lowest BCUT2D eigenvalue weighted by Gasteiger charge is -2.07. The average Bonchev–Trinajstić information content (AvgIpc) is 2.61. The lowest BCUT2D eigenvalue weighted by Crippen LogP contribution is -2.30. The summed E-state index contributed by atoms with van der Waals surface area (Å²) in [6.07, 6.45) is 0.624. The minimum atomic E-state index is -0.720. The van der Waals surface area contributed by atoms with E-state index in [-0.39, 0.29) is 11.3 Å². The number of esters is 1. The fourth-order valence-corrected chi connectivity index (χ4v) is 2.11. The third kappa shape index (κ3) is 5.89. The molecule has 2 aromatic carbocycles. The largest absolute Gasteiger partial charge is 0.452 e. The number of non-ortho nitro benzene ring substituents is 1. The quantitative estimate of drug-likeness (QED) is 0.464. The standard InChI is InChI=1S/C17H15ClN2O5/c18-14-5-1-12(2-6-14)9-10-19-16(21)11-25-17(22)13-3-7-15(8-4-13)20(23)24/h1-8H,9-11H2,(H,19,21). The van der Waals surface area contributed by atoms with E-state index in [0.29, 0.717) is 18.0 Å². The van der Waals surface area contributed by atoms with Crippen LogP contribution in [0.3, 0.4) is 0 Å². The highest BCUT2D eigenvalue weighted by Gasteiger charge is 2.12. The van der Waals surface area contributed by atoms with Gasteiger partial charge in [-0.2, -0.15) is 0 Å². The van der Waals surface area contributed by atoms with Crippen molar-refractivity contribution in [2.75, 3.05) is 13.2 Å². The molecule has 2 rings (SSSR count). The van der Waals surface area contributed by atoms with Crippen LogP contribution in [0.25, 0.3) is 0 Å². The number of nitro benzene ring substituents is 1. The number of nitrogens with zero attached hydrogens (tertiary/aromatic N) is 1. The van der Waals surface area contributed by atoms with Gasteiger partial charge in [0, 0.05) is 23.7 Å². The van der Waals surface area contributed by atoms with Crippen molar-refractivity contribution in [3.63, 3.8) is 0 Å². The first-order valence-corrected chi connectivity index (χ1v) is 7.76. The molecule has 0 heterocycles. The Morgan fingerprint density at radius 2 is 1.72 bits per heavy atom. The van der Waals surface area contributed by atoms with Crippen molar-refractivity contribution in [1.82, 2.24) is 5.32 Å². The highest BCUT2D eigenvalue weighted by atomic mass is 35.5. The molecule has 0 aliphatic rings. The van der Waals surface area contributed by atoms with Crippen LogP contribution in [0.5, 0.6) is 0 Å². The molecule has 0 radical (unpaired) electrons. The molecule has 0 fully saturated rings. The van der Waals surface area contributed by atoms with Crippen LogP contribution in [0.4, 0.5) is 5.69 Å². The number of nitro groups is 1. The Morgan fingerprint density at radius 1 is 1.08 bits per heavy atom. The van der Waals surface area contributed by atoms with Gasteiger partial charge in [-0.25, -0.2) is 4.79 Å². The van der Waals surface area contributed by atoms with Gasteiger partial charge in [-0.3, -0.25) is 14.9 Å². The van der Waals surface area contributed by atoms with E-state index in [9.17, 15) is 19.7 Å². The van der Waals surface area contributed by atoms with Crippen LogP contribution in [0, 0.1) is 10.1 Å². The minimum Gasteiger partial charge on any atom is -0.452 e. The second kappa shape index (κ2) is 8.79. The smallest absolute Gasteiger partial charge is 0.338 e. The summed E-state index contributed by atoms with van der Waals surface area (Å²) >= 11 is 5.79. The Morgan fingerprint density at radius 3 is 2.32 bits per heavy atom. The summed E-state index contributed by atoms with van der Waals surface area (Å²) in [5, 5.41) is 13.8. The second-order valence-corrected chi connectivity index (χ2v) is 5.54. The fourth-order valence-electron chi connectivity index (χ4n) is 1.98. The highest BCUT2D eigenvalue weighted by Crippen LogP contribution is 2.12. The van der Waals surface area contributed by atoms with E-state index < -0.39 is 23.4 Å². The molecule has 1 amide bonds. The van der Waals surface area contributed by atoms with Crippen molar-refractivity contribution in [1.29, 1.82) is 0 Å². The molecule has 0 aliphatic heterocycles. The van der Waals surface area contributed by atoms with Gasteiger partial charge in [-0.05, 0) is 36.2 Å². The second-order valence-electron chi connectivity index (χ2n) is 5.11. The Balaban J connectivity index is 1.72. The summed E-state index contributed by atoms with van der Waals surface area (Å²) in [7, 11) is 0. The lowest BCUT2D eigenvalue weighted by molar-refractivity contribution is -0.384. The van der Waals surface area contributed by atoms with E-state index >= 15 is 0 Å². The van der Waals surface area contributed by atoms with Crippen LogP contribution in [-0.2, 0) is 16.0 Å². The van der Waals surface area contributed by atoms with Gasteiger partial charge in [0.05, 0.1) is 10.5 Å². The number of nitrogens with one attached hydrogen (secondary N) is 1. The summed E-state index contributed by atoms with van der Waals surface area (Å²) in [5.74, 6) is -1.15. The van der Waals surface area contributed by atoms with Gasteiger partial charge in [0.2, 0.25) is 0 Å². The number of rotatable bonds is 7. The minimum absolute atomic E-state index is 0.128. The highest BCUT2D eigenvalue weighted by molar-refractivity contribution is 6.30. The van der Waals surface area contributed by atoms with Crippen LogP contribution in [-0.4, -0.2) is 30.0 Å². The van der Waals surface area contributed by atoms with Crippen molar-refractivity contribution >= 4 is 29.2 Å². The van der Waals surface area contributed by atoms with Gasteiger partial charge in [0.15, 0.2) is 6.61 Å². The van der Waals surface area contributed by atoms with Crippen molar-refractivity contribution in [3.05, 3.63) is 74.8 Å². The fraction of sp³-hybridized carbons (Fsp3) is 0.176. The normalized spacial score (nSPS) is 10.1. The molecule has 0 aromatic heterocycles. The van der Waals surface area contributed by atoms with Gasteiger partial charge in [0.25, 0.3) is 11.6 Å². The molecule has 0 unspecified atom stereocenters. The van der Waals surface area contributed by atoms with Crippen molar-refractivity contribution in [2.24, 2.45) is 0 Å². The molecule has 0 aliphatic carbocycles. The third-order valence-corrected chi connectivity index (χ3v) is 3.55. The summed E-state index contributed by atoms with van der Waals surface area (Å²) in [5.41, 5.74) is 1.03. The molecule has 130 valence electrons. The number of halogens is 1. The topological polar surface area (TPSA) is 98.5 Å². The zero-order valence-corrected chi connectivity index (χ0v) is 13.9. The van der Waals surface area contributed by atoms with E-state index in [1.54, 1.807) is 12.1 Å². The third-order valence-electron chi connectivity index (χ3n) is 3.30. The Hall–Kier alpha value is -2.93. The number of amides is 1. The number of benzene rings is 2. The molecule has 2 aromatic rings. The molecule has 0 atom stereocenters. The predicted octanol–water partition coefficient (Wildman–Crippen LogP) is 2.76. The van der Waals surface area contributed by atoms with Gasteiger partial charge in [0.1, 0.15) is 0 Å². The summed E-state index contributed by atoms with van der Waals surface area (Å²) in [6.45, 7) is -0.0218. The number of carbonyl (C=O) groups excluding carboxylic acids is 2. The van der Waals surface area contributed by atoms with Crippen LogP contribution in [0.1, 0.15) is 15.9 Å². The van der Waals surface area contributed by atoms with Crippen LogP contribution < -0.4 is 5.32 Å². The molecule has 0 saturated heterocycles. The van der Waals surface area contributed by atoms with Crippen LogP contribution in [0.15, 0.2) is 48.5 Å². The van der Waals surface area contributed by atoms with Crippen molar-refractivity contribution in [2.45, 2.75) is 6.42 Å². The number of hydrogen-bond donors (Lipinski definition) is 1. The molecule has 25 heavy (non-hydrogen) atoms. The molecule has 0 bridgehead atoms.